The standard InChI is InChI=1S/C23H15N3/c1-3-9-20-16(7-1)18-11-12-19-17-8-2-4-10-21(17)26(23(19)22(18)25-20)15-6-5-13-24-14-15/h1-14,25H. The Balaban J connectivity index is 1.92. The van der Waals surface area contributed by atoms with Gasteiger partial charge in [-0.15, -0.1) is 0 Å². The number of pyridine rings is 1. The van der Waals surface area contributed by atoms with Crippen molar-refractivity contribution < 1.29 is 0 Å². The maximum atomic E-state index is 4.35. The summed E-state index contributed by atoms with van der Waals surface area (Å²) in [4.78, 5) is 8.00. The van der Waals surface area contributed by atoms with Gasteiger partial charge in [-0.05, 0) is 24.3 Å². The second kappa shape index (κ2) is 4.96. The minimum absolute atomic E-state index is 1.07. The van der Waals surface area contributed by atoms with E-state index in [1.54, 1.807) is 0 Å². The molecule has 3 aromatic carbocycles. The molecule has 0 spiro atoms. The monoisotopic (exact) mass is 333 g/mol. The number of benzene rings is 3. The van der Waals surface area contributed by atoms with Crippen LogP contribution in [0, 0.1) is 0 Å². The zero-order valence-electron chi connectivity index (χ0n) is 14.0. The Bertz CT molecular complexity index is 1420. The summed E-state index contributed by atoms with van der Waals surface area (Å²) in [5.74, 6) is 0. The Morgan fingerprint density at radius 2 is 1.50 bits per heavy atom. The molecule has 6 rings (SSSR count). The van der Waals surface area contributed by atoms with Crippen LogP contribution in [0.25, 0.3) is 49.3 Å². The molecular formula is C23H15N3. The van der Waals surface area contributed by atoms with Crippen LogP contribution in [0.3, 0.4) is 0 Å². The molecule has 3 heteroatoms. The molecule has 3 nitrogen and oxygen atoms in total. The minimum Gasteiger partial charge on any atom is -0.353 e. The van der Waals surface area contributed by atoms with Crippen LogP contribution in [0.15, 0.2) is 85.2 Å². The Hall–Kier alpha value is -3.59. The highest BCUT2D eigenvalue weighted by molar-refractivity contribution is 6.22. The van der Waals surface area contributed by atoms with E-state index in [9.17, 15) is 0 Å². The van der Waals surface area contributed by atoms with Gasteiger partial charge in [0.25, 0.3) is 0 Å². The second-order valence-corrected chi connectivity index (χ2v) is 6.62. The van der Waals surface area contributed by atoms with Crippen LogP contribution >= 0.6 is 0 Å². The van der Waals surface area contributed by atoms with Crippen molar-refractivity contribution in [3.8, 4) is 5.69 Å². The normalized spacial score (nSPS) is 11.8. The molecule has 0 fully saturated rings. The van der Waals surface area contributed by atoms with Gasteiger partial charge >= 0.3 is 0 Å². The van der Waals surface area contributed by atoms with Gasteiger partial charge in [0.1, 0.15) is 0 Å². The molecule has 0 saturated heterocycles. The van der Waals surface area contributed by atoms with Crippen LogP contribution in [-0.2, 0) is 0 Å². The summed E-state index contributed by atoms with van der Waals surface area (Å²) in [5, 5.41) is 5.02. The zero-order chi connectivity index (χ0) is 17.1. The number of aromatic nitrogens is 3. The third-order valence-corrected chi connectivity index (χ3v) is 5.22. The number of hydrogen-bond donors (Lipinski definition) is 1. The van der Waals surface area contributed by atoms with E-state index in [0.29, 0.717) is 0 Å². The molecule has 0 aliphatic carbocycles. The lowest BCUT2D eigenvalue weighted by Gasteiger charge is -2.07. The van der Waals surface area contributed by atoms with Gasteiger partial charge in [-0.2, -0.15) is 0 Å². The molecule has 0 atom stereocenters. The van der Waals surface area contributed by atoms with Crippen LogP contribution in [0.5, 0.6) is 0 Å². The van der Waals surface area contributed by atoms with Gasteiger partial charge in [-0.25, -0.2) is 0 Å². The summed E-state index contributed by atoms with van der Waals surface area (Å²) in [5.41, 5.74) is 5.81. The number of nitrogens with one attached hydrogen (secondary N) is 1. The fourth-order valence-electron chi connectivity index (χ4n) is 4.12. The van der Waals surface area contributed by atoms with E-state index in [2.05, 4.69) is 81.3 Å². The first kappa shape index (κ1) is 13.7. The van der Waals surface area contributed by atoms with E-state index in [4.69, 9.17) is 0 Å². The summed E-state index contributed by atoms with van der Waals surface area (Å²) >= 11 is 0. The molecule has 122 valence electrons. The first-order chi connectivity index (χ1) is 12.9. The Labute approximate surface area is 149 Å². The van der Waals surface area contributed by atoms with Gasteiger partial charge in [-0.1, -0.05) is 48.5 Å². The number of para-hydroxylation sites is 2. The van der Waals surface area contributed by atoms with E-state index in [1.165, 1.54) is 38.1 Å². The molecule has 0 aliphatic heterocycles. The summed E-state index contributed by atoms with van der Waals surface area (Å²) in [6.45, 7) is 0. The van der Waals surface area contributed by atoms with Gasteiger partial charge in [-0.3, -0.25) is 4.98 Å². The number of hydrogen-bond acceptors (Lipinski definition) is 1. The molecule has 0 saturated carbocycles. The topological polar surface area (TPSA) is 33.6 Å². The Kier molecular flexibility index (Phi) is 2.61. The summed E-state index contributed by atoms with van der Waals surface area (Å²) in [6.07, 6.45) is 3.74. The minimum atomic E-state index is 1.07. The fraction of sp³-hybridized carbons (Fsp3) is 0. The average molecular weight is 333 g/mol. The molecule has 0 bridgehead atoms. The van der Waals surface area contributed by atoms with Crippen molar-refractivity contribution in [1.82, 2.24) is 14.5 Å². The van der Waals surface area contributed by atoms with Crippen LogP contribution < -0.4 is 0 Å². The lowest BCUT2D eigenvalue weighted by atomic mass is 10.1. The molecule has 26 heavy (non-hydrogen) atoms. The average Bonchev–Trinajstić information content (AvgIpc) is 3.24. The first-order valence-corrected chi connectivity index (χ1v) is 8.75. The molecule has 3 heterocycles. The third kappa shape index (κ3) is 1.69. The first-order valence-electron chi connectivity index (χ1n) is 8.75. The molecule has 0 amide bonds. The van der Waals surface area contributed by atoms with Crippen molar-refractivity contribution in [2.24, 2.45) is 0 Å². The smallest absolute Gasteiger partial charge is 0.0783 e. The van der Waals surface area contributed by atoms with Gasteiger partial charge in [0.15, 0.2) is 0 Å². The van der Waals surface area contributed by atoms with Gasteiger partial charge in [0, 0.05) is 33.3 Å². The highest BCUT2D eigenvalue weighted by Gasteiger charge is 2.16. The van der Waals surface area contributed by atoms with Crippen LogP contribution in [0.4, 0.5) is 0 Å². The van der Waals surface area contributed by atoms with Crippen molar-refractivity contribution in [1.29, 1.82) is 0 Å². The predicted octanol–water partition coefficient (Wildman–Crippen LogP) is 5.81. The molecule has 0 unspecified atom stereocenters. The van der Waals surface area contributed by atoms with E-state index in [1.807, 2.05) is 18.5 Å². The van der Waals surface area contributed by atoms with E-state index >= 15 is 0 Å². The Morgan fingerprint density at radius 1 is 0.692 bits per heavy atom. The number of aromatic amines is 1. The summed E-state index contributed by atoms with van der Waals surface area (Å²) < 4.78 is 2.31. The van der Waals surface area contributed by atoms with Crippen molar-refractivity contribution >= 4 is 43.6 Å². The third-order valence-electron chi connectivity index (χ3n) is 5.22. The van der Waals surface area contributed by atoms with Gasteiger partial charge in [0.2, 0.25) is 0 Å². The zero-order valence-corrected chi connectivity index (χ0v) is 14.0. The van der Waals surface area contributed by atoms with E-state index < -0.39 is 0 Å². The number of nitrogens with zero attached hydrogens (tertiary/aromatic N) is 2. The second-order valence-electron chi connectivity index (χ2n) is 6.62. The van der Waals surface area contributed by atoms with Crippen molar-refractivity contribution in [2.45, 2.75) is 0 Å². The highest BCUT2D eigenvalue weighted by atomic mass is 15.0. The maximum absolute atomic E-state index is 4.35. The van der Waals surface area contributed by atoms with Crippen LogP contribution in [0.2, 0.25) is 0 Å². The summed E-state index contributed by atoms with van der Waals surface area (Å²) in [6, 6.07) is 25.6. The lowest BCUT2D eigenvalue weighted by molar-refractivity contribution is 1.14. The summed E-state index contributed by atoms with van der Waals surface area (Å²) in [7, 11) is 0. The maximum Gasteiger partial charge on any atom is 0.0783 e. The highest BCUT2D eigenvalue weighted by Crippen LogP contribution is 2.38. The fourth-order valence-corrected chi connectivity index (χ4v) is 4.12. The molecule has 6 aromatic rings. The number of fused-ring (bicyclic) bond motifs is 7. The molecule has 3 aromatic heterocycles. The Morgan fingerprint density at radius 3 is 2.38 bits per heavy atom. The van der Waals surface area contributed by atoms with Gasteiger partial charge in [0.05, 0.1) is 28.4 Å². The predicted molar refractivity (Wildman–Crippen MR) is 108 cm³/mol. The van der Waals surface area contributed by atoms with Crippen molar-refractivity contribution in [3.63, 3.8) is 0 Å². The molecule has 0 aliphatic rings. The molecule has 0 radical (unpaired) electrons. The SMILES string of the molecule is c1cncc(-n2c3ccccc3c3ccc4c5ccccc5[nH]c4c32)c1. The van der Waals surface area contributed by atoms with Gasteiger partial charge < -0.3 is 9.55 Å². The van der Waals surface area contributed by atoms with Crippen LogP contribution in [0.1, 0.15) is 0 Å². The lowest BCUT2D eigenvalue weighted by Crippen LogP contribution is -1.94. The van der Waals surface area contributed by atoms with Crippen molar-refractivity contribution in [2.75, 3.05) is 0 Å². The van der Waals surface area contributed by atoms with E-state index in [-0.39, 0.29) is 0 Å². The number of rotatable bonds is 1. The number of H-pyrrole nitrogens is 1. The quantitative estimate of drug-likeness (QED) is 0.404. The van der Waals surface area contributed by atoms with Crippen LogP contribution in [-0.4, -0.2) is 14.5 Å². The molecule has 1 N–H and O–H groups in total. The largest absolute Gasteiger partial charge is 0.353 e. The van der Waals surface area contributed by atoms with Crippen molar-refractivity contribution in [3.05, 3.63) is 85.2 Å². The molecular weight excluding hydrogens is 318 g/mol. The van der Waals surface area contributed by atoms with E-state index in [0.717, 1.165) is 11.2 Å².